The molecule has 34 heavy (non-hydrogen) atoms. The average molecular weight is 456 g/mol. The van der Waals surface area contributed by atoms with Gasteiger partial charge in [0.2, 0.25) is 0 Å². The first kappa shape index (κ1) is 21.7. The lowest BCUT2D eigenvalue weighted by molar-refractivity contribution is 0.102. The van der Waals surface area contributed by atoms with Crippen LogP contribution in [0, 0.1) is 5.82 Å². The van der Waals surface area contributed by atoms with Gasteiger partial charge in [0, 0.05) is 35.5 Å². The molecular weight excluding hydrogens is 435 g/mol. The summed E-state index contributed by atoms with van der Waals surface area (Å²) >= 11 is 0. The van der Waals surface area contributed by atoms with E-state index in [0.29, 0.717) is 41.1 Å². The summed E-state index contributed by atoms with van der Waals surface area (Å²) in [6.45, 7) is 2.77. The van der Waals surface area contributed by atoms with Crippen molar-refractivity contribution < 1.29 is 18.7 Å². The lowest BCUT2D eigenvalue weighted by Crippen LogP contribution is -2.36. The Morgan fingerprint density at radius 2 is 1.65 bits per heavy atom. The van der Waals surface area contributed by atoms with Crippen molar-refractivity contribution in [1.29, 1.82) is 0 Å². The molecule has 0 saturated carbocycles. The number of morpholine rings is 1. The molecule has 4 aromatic rings. The van der Waals surface area contributed by atoms with Gasteiger partial charge in [-0.2, -0.15) is 0 Å². The van der Waals surface area contributed by atoms with Crippen LogP contribution >= 0.6 is 0 Å². The SMILES string of the molecule is O=C(Nc1cccc(C(=O)c2ccc3ncc(N4CCOCC4)nc3c2)c1)c1cccc(F)c1. The highest BCUT2D eigenvalue weighted by atomic mass is 19.1. The minimum Gasteiger partial charge on any atom is -0.378 e. The number of hydrogen-bond donors (Lipinski definition) is 1. The largest absolute Gasteiger partial charge is 0.378 e. The van der Waals surface area contributed by atoms with E-state index in [-0.39, 0.29) is 11.3 Å². The standard InChI is InChI=1S/C26H21FN4O3/c27-20-5-1-4-19(13-20)26(33)29-21-6-2-3-17(14-21)25(32)18-7-8-22-23(15-18)30-24(16-28-22)31-9-11-34-12-10-31/h1-8,13-16H,9-12H2,(H,29,33). The van der Waals surface area contributed by atoms with E-state index in [2.05, 4.69) is 15.2 Å². The Morgan fingerprint density at radius 3 is 2.47 bits per heavy atom. The van der Waals surface area contributed by atoms with E-state index in [1.807, 2.05) is 0 Å². The Bertz CT molecular complexity index is 1390. The van der Waals surface area contributed by atoms with Gasteiger partial charge >= 0.3 is 0 Å². The Hall–Kier alpha value is -4.17. The average Bonchev–Trinajstić information content (AvgIpc) is 2.88. The Labute approximate surface area is 195 Å². The molecule has 0 atom stereocenters. The van der Waals surface area contributed by atoms with Gasteiger partial charge in [-0.25, -0.2) is 9.37 Å². The second kappa shape index (κ2) is 9.36. The monoisotopic (exact) mass is 456 g/mol. The molecule has 2 heterocycles. The minimum absolute atomic E-state index is 0.195. The lowest BCUT2D eigenvalue weighted by Gasteiger charge is -2.27. The fourth-order valence-corrected chi connectivity index (χ4v) is 3.83. The molecule has 1 fully saturated rings. The highest BCUT2D eigenvalue weighted by Crippen LogP contribution is 2.21. The molecule has 0 unspecified atom stereocenters. The summed E-state index contributed by atoms with van der Waals surface area (Å²) in [5, 5.41) is 2.71. The summed E-state index contributed by atoms with van der Waals surface area (Å²) in [6.07, 6.45) is 1.74. The van der Waals surface area contributed by atoms with Crippen LogP contribution in [0.15, 0.2) is 72.9 Å². The van der Waals surface area contributed by atoms with Crippen LogP contribution < -0.4 is 10.2 Å². The maximum absolute atomic E-state index is 13.4. The van der Waals surface area contributed by atoms with Crippen molar-refractivity contribution in [3.8, 4) is 0 Å². The zero-order valence-electron chi connectivity index (χ0n) is 18.2. The number of nitrogens with zero attached hydrogens (tertiary/aromatic N) is 3. The van der Waals surface area contributed by atoms with Crippen molar-refractivity contribution in [3.05, 3.63) is 95.4 Å². The predicted octanol–water partition coefficient (Wildman–Crippen LogP) is 4.09. The molecular formula is C26H21FN4O3. The fourth-order valence-electron chi connectivity index (χ4n) is 3.83. The second-order valence-electron chi connectivity index (χ2n) is 7.91. The highest BCUT2D eigenvalue weighted by molar-refractivity contribution is 6.11. The van der Waals surface area contributed by atoms with Crippen molar-refractivity contribution in [2.24, 2.45) is 0 Å². The van der Waals surface area contributed by atoms with Gasteiger partial charge in [-0.05, 0) is 48.5 Å². The molecule has 5 rings (SSSR count). The van der Waals surface area contributed by atoms with Crippen molar-refractivity contribution in [2.75, 3.05) is 36.5 Å². The van der Waals surface area contributed by atoms with E-state index in [1.54, 1.807) is 48.7 Å². The number of aromatic nitrogens is 2. The van der Waals surface area contributed by atoms with Crippen molar-refractivity contribution >= 4 is 34.2 Å². The van der Waals surface area contributed by atoms with E-state index in [4.69, 9.17) is 9.72 Å². The van der Waals surface area contributed by atoms with Crippen molar-refractivity contribution in [1.82, 2.24) is 9.97 Å². The molecule has 0 spiro atoms. The number of rotatable bonds is 5. The van der Waals surface area contributed by atoms with Crippen LogP contribution in [0.4, 0.5) is 15.9 Å². The molecule has 170 valence electrons. The Balaban J connectivity index is 1.38. The summed E-state index contributed by atoms with van der Waals surface area (Å²) in [5.41, 5.74) is 2.84. The van der Waals surface area contributed by atoms with E-state index in [1.165, 1.54) is 18.2 Å². The first-order chi connectivity index (χ1) is 16.6. The fraction of sp³-hybridized carbons (Fsp3) is 0.154. The summed E-state index contributed by atoms with van der Waals surface area (Å²) in [4.78, 5) is 36.9. The quantitative estimate of drug-likeness (QED) is 0.456. The van der Waals surface area contributed by atoms with E-state index >= 15 is 0 Å². The van der Waals surface area contributed by atoms with Crippen LogP contribution in [0.25, 0.3) is 11.0 Å². The van der Waals surface area contributed by atoms with Gasteiger partial charge in [0.1, 0.15) is 11.6 Å². The van der Waals surface area contributed by atoms with Gasteiger partial charge in [0.25, 0.3) is 5.91 Å². The van der Waals surface area contributed by atoms with Gasteiger partial charge in [-0.1, -0.05) is 18.2 Å². The Kier molecular flexibility index (Phi) is 5.97. The molecule has 1 aromatic heterocycles. The summed E-state index contributed by atoms with van der Waals surface area (Å²) in [6, 6.07) is 17.3. The molecule has 1 amide bonds. The topological polar surface area (TPSA) is 84.4 Å². The Morgan fingerprint density at radius 1 is 0.882 bits per heavy atom. The van der Waals surface area contributed by atoms with Crippen LogP contribution in [0.5, 0.6) is 0 Å². The third-order valence-electron chi connectivity index (χ3n) is 5.60. The van der Waals surface area contributed by atoms with Gasteiger partial charge < -0.3 is 15.0 Å². The number of anilines is 2. The van der Waals surface area contributed by atoms with E-state index < -0.39 is 11.7 Å². The summed E-state index contributed by atoms with van der Waals surface area (Å²) < 4.78 is 18.8. The highest BCUT2D eigenvalue weighted by Gasteiger charge is 2.16. The number of carbonyl (C=O) groups is 2. The molecule has 1 aliphatic rings. The van der Waals surface area contributed by atoms with Gasteiger partial charge in [-0.3, -0.25) is 14.6 Å². The summed E-state index contributed by atoms with van der Waals surface area (Å²) in [7, 11) is 0. The van der Waals surface area contributed by atoms with Crippen molar-refractivity contribution in [3.63, 3.8) is 0 Å². The smallest absolute Gasteiger partial charge is 0.255 e. The molecule has 7 nitrogen and oxygen atoms in total. The van der Waals surface area contributed by atoms with E-state index in [0.717, 1.165) is 25.0 Å². The zero-order chi connectivity index (χ0) is 23.5. The number of hydrogen-bond acceptors (Lipinski definition) is 6. The van der Waals surface area contributed by atoms with Crippen LogP contribution in [-0.2, 0) is 4.74 Å². The molecule has 3 aromatic carbocycles. The van der Waals surface area contributed by atoms with E-state index in [9.17, 15) is 14.0 Å². The molecule has 8 heteroatoms. The molecule has 0 radical (unpaired) electrons. The number of nitrogens with one attached hydrogen (secondary N) is 1. The molecule has 1 N–H and O–H groups in total. The van der Waals surface area contributed by atoms with Gasteiger partial charge in [0.15, 0.2) is 5.78 Å². The van der Waals surface area contributed by atoms with Gasteiger partial charge in [-0.15, -0.1) is 0 Å². The molecule has 1 saturated heterocycles. The van der Waals surface area contributed by atoms with Crippen molar-refractivity contribution in [2.45, 2.75) is 0 Å². The normalized spacial score (nSPS) is 13.6. The van der Waals surface area contributed by atoms with Gasteiger partial charge in [0.05, 0.1) is 30.4 Å². The number of halogens is 1. The lowest BCUT2D eigenvalue weighted by atomic mass is 10.0. The van der Waals surface area contributed by atoms with Crippen LogP contribution in [0.1, 0.15) is 26.3 Å². The first-order valence-electron chi connectivity index (χ1n) is 10.9. The summed E-state index contributed by atoms with van der Waals surface area (Å²) in [5.74, 6) is -0.404. The number of ether oxygens (including phenoxy) is 1. The van der Waals surface area contributed by atoms with Crippen LogP contribution in [0.2, 0.25) is 0 Å². The second-order valence-corrected chi connectivity index (χ2v) is 7.91. The number of fused-ring (bicyclic) bond motifs is 1. The zero-order valence-corrected chi connectivity index (χ0v) is 18.2. The molecule has 0 bridgehead atoms. The van der Waals surface area contributed by atoms with Crippen LogP contribution in [-0.4, -0.2) is 48.0 Å². The maximum atomic E-state index is 13.4. The third kappa shape index (κ3) is 4.62. The predicted molar refractivity (Wildman–Crippen MR) is 127 cm³/mol. The third-order valence-corrected chi connectivity index (χ3v) is 5.60. The number of ketones is 1. The maximum Gasteiger partial charge on any atom is 0.255 e. The van der Waals surface area contributed by atoms with Crippen LogP contribution in [0.3, 0.4) is 0 Å². The molecule has 1 aliphatic heterocycles. The molecule has 0 aliphatic carbocycles. The number of benzene rings is 3. The minimum atomic E-state index is -0.493. The number of amides is 1. The number of carbonyl (C=O) groups excluding carboxylic acids is 2. The first-order valence-corrected chi connectivity index (χ1v) is 10.9.